The molecule has 3 rings (SSSR count). The minimum absolute atomic E-state index is 0.163. The van der Waals surface area contributed by atoms with Gasteiger partial charge in [0.2, 0.25) is 10.0 Å². The zero-order valence-corrected chi connectivity index (χ0v) is 14.5. The lowest BCUT2D eigenvalue weighted by Crippen LogP contribution is -2.24. The highest BCUT2D eigenvalue weighted by Crippen LogP contribution is 2.16. The van der Waals surface area contributed by atoms with Gasteiger partial charge in [0.25, 0.3) is 0 Å². The Balaban J connectivity index is 1.72. The van der Waals surface area contributed by atoms with Gasteiger partial charge in [-0.15, -0.1) is 0 Å². The second-order valence-electron chi connectivity index (χ2n) is 5.39. The van der Waals surface area contributed by atoms with Gasteiger partial charge in [0.15, 0.2) is 0 Å². The van der Waals surface area contributed by atoms with Crippen LogP contribution in [0.25, 0.3) is 0 Å². The highest BCUT2D eigenvalue weighted by molar-refractivity contribution is 7.89. The van der Waals surface area contributed by atoms with Crippen LogP contribution >= 0.6 is 11.6 Å². The Kier molecular flexibility index (Phi) is 5.04. The van der Waals surface area contributed by atoms with Crippen molar-refractivity contribution in [3.05, 3.63) is 89.2 Å². The Morgan fingerprint density at radius 2 is 1.75 bits per heavy atom. The van der Waals surface area contributed by atoms with Crippen molar-refractivity contribution in [2.75, 3.05) is 0 Å². The fourth-order valence-electron chi connectivity index (χ4n) is 2.43. The lowest BCUT2D eigenvalue weighted by atomic mass is 10.2. The molecule has 2 aromatic carbocycles. The van der Waals surface area contributed by atoms with E-state index in [1.165, 1.54) is 12.1 Å². The van der Waals surface area contributed by atoms with E-state index in [1.807, 2.05) is 53.2 Å². The van der Waals surface area contributed by atoms with E-state index in [2.05, 4.69) is 4.72 Å². The lowest BCUT2D eigenvalue weighted by molar-refractivity contribution is 0.578. The number of rotatable bonds is 6. The van der Waals surface area contributed by atoms with Crippen LogP contribution in [0, 0.1) is 0 Å². The van der Waals surface area contributed by atoms with Gasteiger partial charge in [-0.2, -0.15) is 0 Å². The van der Waals surface area contributed by atoms with E-state index in [4.69, 9.17) is 11.6 Å². The minimum Gasteiger partial charge on any atom is -0.346 e. The van der Waals surface area contributed by atoms with Crippen molar-refractivity contribution in [1.29, 1.82) is 0 Å². The molecule has 1 aromatic heterocycles. The predicted molar refractivity (Wildman–Crippen MR) is 95.5 cm³/mol. The summed E-state index contributed by atoms with van der Waals surface area (Å²) in [5, 5.41) is 0.394. The van der Waals surface area contributed by atoms with Crippen molar-refractivity contribution in [2.24, 2.45) is 0 Å². The van der Waals surface area contributed by atoms with Crippen molar-refractivity contribution in [3.63, 3.8) is 0 Å². The van der Waals surface area contributed by atoms with E-state index in [1.54, 1.807) is 12.1 Å². The molecular formula is C18H17ClN2O2S. The molecule has 0 aliphatic carbocycles. The normalized spacial score (nSPS) is 11.5. The molecule has 124 valence electrons. The third-order valence-electron chi connectivity index (χ3n) is 3.67. The number of halogens is 1. The molecule has 0 spiro atoms. The first-order valence-corrected chi connectivity index (χ1v) is 9.34. The summed E-state index contributed by atoms with van der Waals surface area (Å²) in [5.41, 5.74) is 2.05. The predicted octanol–water partition coefficient (Wildman–Crippen LogP) is 3.67. The highest BCUT2D eigenvalue weighted by atomic mass is 35.5. The second-order valence-corrected chi connectivity index (χ2v) is 7.60. The van der Waals surface area contributed by atoms with Crippen LogP contribution in [-0.2, 0) is 23.1 Å². The molecule has 4 nitrogen and oxygen atoms in total. The molecule has 0 amide bonds. The van der Waals surface area contributed by atoms with Crippen LogP contribution in [0.4, 0.5) is 0 Å². The van der Waals surface area contributed by atoms with Crippen molar-refractivity contribution in [1.82, 2.24) is 9.29 Å². The van der Waals surface area contributed by atoms with Crippen LogP contribution in [0.3, 0.4) is 0 Å². The molecule has 1 N–H and O–H groups in total. The lowest BCUT2D eigenvalue weighted by Gasteiger charge is -2.11. The molecule has 24 heavy (non-hydrogen) atoms. The summed E-state index contributed by atoms with van der Waals surface area (Å²) < 4.78 is 29.4. The van der Waals surface area contributed by atoms with Crippen LogP contribution in [-0.4, -0.2) is 13.0 Å². The fourth-order valence-corrected chi connectivity index (χ4v) is 3.73. The van der Waals surface area contributed by atoms with Crippen LogP contribution in [0.1, 0.15) is 11.3 Å². The van der Waals surface area contributed by atoms with Crippen LogP contribution in [0.15, 0.2) is 77.8 Å². The highest BCUT2D eigenvalue weighted by Gasteiger charge is 2.14. The summed E-state index contributed by atoms with van der Waals surface area (Å²) in [4.78, 5) is 0.163. The molecule has 0 saturated carbocycles. The molecular weight excluding hydrogens is 344 g/mol. The maximum Gasteiger partial charge on any atom is 0.240 e. The van der Waals surface area contributed by atoms with Gasteiger partial charge < -0.3 is 4.57 Å². The van der Waals surface area contributed by atoms with Gasteiger partial charge >= 0.3 is 0 Å². The third-order valence-corrected chi connectivity index (χ3v) is 5.30. The molecule has 0 unspecified atom stereocenters. The number of benzene rings is 2. The summed E-state index contributed by atoms with van der Waals surface area (Å²) in [6, 6.07) is 20.1. The van der Waals surface area contributed by atoms with E-state index in [9.17, 15) is 8.42 Å². The average molecular weight is 361 g/mol. The van der Waals surface area contributed by atoms with Crippen molar-refractivity contribution in [2.45, 2.75) is 18.0 Å². The maximum atomic E-state index is 12.4. The molecule has 0 saturated heterocycles. The van der Waals surface area contributed by atoms with Gasteiger partial charge in [0, 0.05) is 23.5 Å². The van der Waals surface area contributed by atoms with E-state index in [-0.39, 0.29) is 11.4 Å². The van der Waals surface area contributed by atoms with Crippen LogP contribution in [0.5, 0.6) is 0 Å². The average Bonchev–Trinajstić information content (AvgIpc) is 3.01. The number of nitrogens with zero attached hydrogens (tertiary/aromatic N) is 1. The van der Waals surface area contributed by atoms with Crippen molar-refractivity contribution in [3.8, 4) is 0 Å². The van der Waals surface area contributed by atoms with Crippen molar-refractivity contribution < 1.29 is 8.42 Å². The Labute approximate surface area is 146 Å². The second kappa shape index (κ2) is 7.21. The summed E-state index contributed by atoms with van der Waals surface area (Å²) in [6.45, 7) is 0.913. The van der Waals surface area contributed by atoms with Gasteiger partial charge in [-0.1, -0.05) is 48.0 Å². The summed E-state index contributed by atoms with van der Waals surface area (Å²) in [6.07, 6.45) is 1.94. The number of sulfonamides is 1. The van der Waals surface area contributed by atoms with Gasteiger partial charge in [-0.3, -0.25) is 0 Å². The monoisotopic (exact) mass is 360 g/mol. The van der Waals surface area contributed by atoms with Crippen molar-refractivity contribution >= 4 is 21.6 Å². The number of aromatic nitrogens is 1. The van der Waals surface area contributed by atoms with E-state index in [0.717, 1.165) is 11.3 Å². The standard InChI is InChI=1S/C18H17ClN2O2S/c19-16-8-4-10-18(12-16)24(22,23)20-13-17-9-5-11-21(17)14-15-6-2-1-3-7-15/h1-12,20H,13-14H2. The summed E-state index contributed by atoms with van der Waals surface area (Å²) in [5.74, 6) is 0. The molecule has 3 aromatic rings. The van der Waals surface area contributed by atoms with E-state index in [0.29, 0.717) is 11.6 Å². The summed E-state index contributed by atoms with van der Waals surface area (Å²) in [7, 11) is -3.60. The molecule has 0 bridgehead atoms. The van der Waals surface area contributed by atoms with E-state index >= 15 is 0 Å². The molecule has 6 heteroatoms. The first-order chi connectivity index (χ1) is 11.5. The molecule has 0 atom stereocenters. The number of nitrogens with one attached hydrogen (secondary N) is 1. The van der Waals surface area contributed by atoms with Gasteiger partial charge in [0.1, 0.15) is 0 Å². The molecule has 0 aliphatic heterocycles. The SMILES string of the molecule is O=S(=O)(NCc1cccn1Cc1ccccc1)c1cccc(Cl)c1. The van der Waals surface area contributed by atoms with Crippen LogP contribution < -0.4 is 4.72 Å². The maximum absolute atomic E-state index is 12.4. The molecule has 1 heterocycles. The van der Waals surface area contributed by atoms with Crippen LogP contribution in [0.2, 0.25) is 5.02 Å². The molecule has 0 aliphatic rings. The first kappa shape index (κ1) is 16.8. The first-order valence-electron chi connectivity index (χ1n) is 7.48. The fraction of sp³-hybridized carbons (Fsp3) is 0.111. The number of hydrogen-bond acceptors (Lipinski definition) is 2. The Morgan fingerprint density at radius 1 is 0.958 bits per heavy atom. The van der Waals surface area contributed by atoms with Gasteiger partial charge in [-0.05, 0) is 35.9 Å². The zero-order valence-electron chi connectivity index (χ0n) is 12.9. The Bertz CT molecular complexity index is 921. The smallest absolute Gasteiger partial charge is 0.240 e. The Hall–Kier alpha value is -2.08. The largest absolute Gasteiger partial charge is 0.346 e. The molecule has 0 fully saturated rings. The van der Waals surface area contributed by atoms with E-state index < -0.39 is 10.0 Å². The Morgan fingerprint density at radius 3 is 2.50 bits per heavy atom. The van der Waals surface area contributed by atoms with Gasteiger partial charge in [-0.25, -0.2) is 13.1 Å². The van der Waals surface area contributed by atoms with Gasteiger partial charge in [0.05, 0.1) is 11.4 Å². The number of hydrogen-bond donors (Lipinski definition) is 1. The topological polar surface area (TPSA) is 51.1 Å². The molecule has 0 radical (unpaired) electrons. The third kappa shape index (κ3) is 4.06. The minimum atomic E-state index is -3.60. The quantitative estimate of drug-likeness (QED) is 0.729. The summed E-state index contributed by atoms with van der Waals surface area (Å²) >= 11 is 5.87. The zero-order chi connectivity index (χ0) is 17.0.